The summed E-state index contributed by atoms with van der Waals surface area (Å²) in [6, 6.07) is 6.16. The minimum Gasteiger partial charge on any atom is -0.457 e. The van der Waals surface area contributed by atoms with Crippen molar-refractivity contribution in [1.29, 1.82) is 0 Å². The van der Waals surface area contributed by atoms with E-state index in [1.807, 2.05) is 0 Å². The van der Waals surface area contributed by atoms with Crippen molar-refractivity contribution in [1.82, 2.24) is 0 Å². The molecule has 0 saturated heterocycles. The number of hydrogen-bond acceptors (Lipinski definition) is 4. The molecule has 0 aliphatic rings. The highest BCUT2D eigenvalue weighted by Crippen LogP contribution is 2.13. The molecular formula is C12H12INO4. The number of carbonyl (C=O) groups is 1. The Hall–Kier alpha value is -1.44. The molecule has 1 aromatic rings. The predicted molar refractivity (Wildman–Crippen MR) is 76.6 cm³/mol. The van der Waals surface area contributed by atoms with E-state index in [0.717, 1.165) is 5.56 Å². The first kappa shape index (κ1) is 14.6. The molecule has 0 aliphatic carbocycles. The minimum atomic E-state index is -0.444. The lowest BCUT2D eigenvalue weighted by atomic mass is 10.2. The number of halogens is 1. The molecule has 0 N–H and O–H groups in total. The van der Waals surface area contributed by atoms with Crippen molar-refractivity contribution in [2.24, 2.45) is 0 Å². The van der Waals surface area contributed by atoms with Crippen LogP contribution in [0.15, 0.2) is 30.3 Å². The van der Waals surface area contributed by atoms with Crippen LogP contribution in [0, 0.1) is 10.1 Å². The maximum atomic E-state index is 10.8. The van der Waals surface area contributed by atoms with Gasteiger partial charge in [0.1, 0.15) is 6.10 Å². The Labute approximate surface area is 118 Å². The van der Waals surface area contributed by atoms with Gasteiger partial charge in [-0.05, 0) is 23.8 Å². The summed E-state index contributed by atoms with van der Waals surface area (Å²) in [4.78, 5) is 20.8. The van der Waals surface area contributed by atoms with Gasteiger partial charge in [0.15, 0.2) is 0 Å². The Morgan fingerprint density at radius 3 is 2.56 bits per heavy atom. The molecule has 96 valence electrons. The molecular weight excluding hydrogens is 349 g/mol. The number of nitrogens with zero attached hydrogens (tertiary/aromatic N) is 1. The van der Waals surface area contributed by atoms with E-state index in [1.165, 1.54) is 19.1 Å². The van der Waals surface area contributed by atoms with Gasteiger partial charge in [0.25, 0.3) is 5.69 Å². The molecule has 0 amide bonds. The fraction of sp³-hybridized carbons (Fsp3) is 0.250. The molecule has 1 rings (SSSR count). The molecule has 0 radical (unpaired) electrons. The summed E-state index contributed by atoms with van der Waals surface area (Å²) in [6.07, 6.45) is 3.25. The zero-order valence-corrected chi connectivity index (χ0v) is 11.9. The number of hydrogen-bond donors (Lipinski definition) is 0. The van der Waals surface area contributed by atoms with Crippen molar-refractivity contribution in [3.63, 3.8) is 0 Å². The van der Waals surface area contributed by atoms with Crippen LogP contribution in [-0.2, 0) is 9.53 Å². The maximum Gasteiger partial charge on any atom is 0.303 e. The second-order valence-corrected chi connectivity index (χ2v) is 4.39. The van der Waals surface area contributed by atoms with Crippen LogP contribution in [0.3, 0.4) is 0 Å². The number of esters is 1. The molecule has 0 aromatic heterocycles. The van der Waals surface area contributed by atoms with Gasteiger partial charge in [0.2, 0.25) is 0 Å². The van der Waals surface area contributed by atoms with Crippen molar-refractivity contribution in [2.45, 2.75) is 13.0 Å². The van der Waals surface area contributed by atoms with Crippen LogP contribution in [0.25, 0.3) is 6.08 Å². The number of non-ortho nitro benzene ring substituents is 1. The lowest BCUT2D eigenvalue weighted by Crippen LogP contribution is -2.14. The van der Waals surface area contributed by atoms with E-state index in [1.54, 1.807) is 24.3 Å². The number of alkyl halides is 1. The van der Waals surface area contributed by atoms with Gasteiger partial charge in [-0.2, -0.15) is 0 Å². The van der Waals surface area contributed by atoms with Crippen molar-refractivity contribution in [3.8, 4) is 0 Å². The molecule has 5 nitrogen and oxygen atoms in total. The third-order valence-corrected chi connectivity index (χ3v) is 2.94. The van der Waals surface area contributed by atoms with E-state index in [9.17, 15) is 14.9 Å². The average molecular weight is 361 g/mol. The number of nitro groups is 1. The van der Waals surface area contributed by atoms with Crippen LogP contribution in [0.5, 0.6) is 0 Å². The van der Waals surface area contributed by atoms with Crippen LogP contribution < -0.4 is 0 Å². The zero-order valence-electron chi connectivity index (χ0n) is 9.71. The third kappa shape index (κ3) is 4.82. The summed E-state index contributed by atoms with van der Waals surface area (Å²) in [5.74, 6) is -0.329. The molecule has 18 heavy (non-hydrogen) atoms. The highest BCUT2D eigenvalue weighted by molar-refractivity contribution is 14.1. The number of carbonyl (C=O) groups excluding carboxylic acids is 1. The van der Waals surface area contributed by atoms with Crippen molar-refractivity contribution in [2.75, 3.05) is 4.43 Å². The molecule has 1 atom stereocenters. The Bertz CT molecular complexity index is 456. The van der Waals surface area contributed by atoms with Gasteiger partial charge in [-0.1, -0.05) is 28.7 Å². The fourth-order valence-electron chi connectivity index (χ4n) is 1.26. The largest absolute Gasteiger partial charge is 0.457 e. The summed E-state index contributed by atoms with van der Waals surface area (Å²) in [5.41, 5.74) is 0.875. The first-order chi connectivity index (χ1) is 8.52. The van der Waals surface area contributed by atoms with Crippen LogP contribution in [0.2, 0.25) is 0 Å². The molecule has 1 unspecified atom stereocenters. The molecule has 0 saturated carbocycles. The molecule has 0 heterocycles. The zero-order chi connectivity index (χ0) is 13.5. The van der Waals surface area contributed by atoms with Crippen LogP contribution in [-0.4, -0.2) is 21.4 Å². The number of ether oxygens (including phenoxy) is 1. The van der Waals surface area contributed by atoms with Crippen molar-refractivity contribution in [3.05, 3.63) is 46.0 Å². The van der Waals surface area contributed by atoms with Crippen LogP contribution >= 0.6 is 22.6 Å². The summed E-state index contributed by atoms with van der Waals surface area (Å²) in [5, 5.41) is 10.5. The SMILES string of the molecule is CC(=O)OC(/C=C/c1ccc([N+](=O)[O-])cc1)CI. The Balaban J connectivity index is 2.70. The van der Waals surface area contributed by atoms with E-state index in [-0.39, 0.29) is 17.8 Å². The van der Waals surface area contributed by atoms with Gasteiger partial charge in [0, 0.05) is 23.5 Å². The van der Waals surface area contributed by atoms with Crippen molar-refractivity contribution < 1.29 is 14.5 Å². The molecule has 0 aliphatic heterocycles. The molecule has 0 fully saturated rings. The summed E-state index contributed by atoms with van der Waals surface area (Å²) >= 11 is 2.12. The molecule has 0 bridgehead atoms. The Morgan fingerprint density at radius 1 is 1.50 bits per heavy atom. The fourth-order valence-corrected chi connectivity index (χ4v) is 1.73. The van der Waals surface area contributed by atoms with Crippen molar-refractivity contribution >= 4 is 40.3 Å². The molecule has 0 spiro atoms. The first-order valence-electron chi connectivity index (χ1n) is 5.18. The second kappa shape index (κ2) is 7.10. The molecule has 6 heteroatoms. The van der Waals surface area contributed by atoms with Gasteiger partial charge in [-0.25, -0.2) is 0 Å². The van der Waals surface area contributed by atoms with Gasteiger partial charge in [-0.15, -0.1) is 0 Å². The smallest absolute Gasteiger partial charge is 0.303 e. The topological polar surface area (TPSA) is 69.4 Å². The number of benzene rings is 1. The lowest BCUT2D eigenvalue weighted by Gasteiger charge is -2.08. The third-order valence-electron chi connectivity index (χ3n) is 2.08. The monoisotopic (exact) mass is 361 g/mol. The van der Waals surface area contributed by atoms with E-state index < -0.39 is 4.92 Å². The molecule has 1 aromatic carbocycles. The summed E-state index contributed by atoms with van der Waals surface area (Å²) < 4.78 is 5.70. The van der Waals surface area contributed by atoms with Gasteiger partial charge in [-0.3, -0.25) is 14.9 Å². The summed E-state index contributed by atoms with van der Waals surface area (Å²) in [6.45, 7) is 1.36. The van der Waals surface area contributed by atoms with E-state index in [0.29, 0.717) is 4.43 Å². The van der Waals surface area contributed by atoms with Crippen LogP contribution in [0.1, 0.15) is 12.5 Å². The number of nitro benzene ring substituents is 1. The minimum absolute atomic E-state index is 0.0533. The van der Waals surface area contributed by atoms with E-state index in [2.05, 4.69) is 22.6 Å². The first-order valence-corrected chi connectivity index (χ1v) is 6.71. The Morgan fingerprint density at radius 2 is 2.11 bits per heavy atom. The van der Waals surface area contributed by atoms with Gasteiger partial charge >= 0.3 is 5.97 Å². The second-order valence-electron chi connectivity index (χ2n) is 3.51. The summed E-state index contributed by atoms with van der Waals surface area (Å²) in [7, 11) is 0. The predicted octanol–water partition coefficient (Wildman–Crippen LogP) is 2.97. The maximum absolute atomic E-state index is 10.8. The highest BCUT2D eigenvalue weighted by atomic mass is 127. The number of rotatable bonds is 5. The standard InChI is InChI=1S/C12H12INO4/c1-9(15)18-12(8-13)7-4-10-2-5-11(6-3-10)14(16)17/h2-7,12H,8H2,1H3/b7-4+. The lowest BCUT2D eigenvalue weighted by molar-refractivity contribution is -0.384. The van der Waals surface area contributed by atoms with Gasteiger partial charge < -0.3 is 4.74 Å². The average Bonchev–Trinajstić information content (AvgIpc) is 2.34. The highest BCUT2D eigenvalue weighted by Gasteiger charge is 2.06. The van der Waals surface area contributed by atoms with Gasteiger partial charge in [0.05, 0.1) is 4.92 Å². The Kier molecular flexibility index (Phi) is 5.76. The quantitative estimate of drug-likeness (QED) is 0.266. The van der Waals surface area contributed by atoms with Crippen LogP contribution in [0.4, 0.5) is 5.69 Å². The normalized spacial score (nSPS) is 12.3. The van der Waals surface area contributed by atoms with E-state index >= 15 is 0 Å². The van der Waals surface area contributed by atoms with E-state index in [4.69, 9.17) is 4.74 Å².